The molecule has 0 spiro atoms. The van der Waals surface area contributed by atoms with Crippen LogP contribution in [0.25, 0.3) is 0 Å². The van der Waals surface area contributed by atoms with Crippen molar-refractivity contribution in [3.05, 3.63) is 22.6 Å². The van der Waals surface area contributed by atoms with Crippen LogP contribution < -0.4 is 5.32 Å². The Morgan fingerprint density at radius 1 is 1.64 bits per heavy atom. The molecule has 2 nitrogen and oxygen atoms in total. The lowest BCUT2D eigenvalue weighted by Crippen LogP contribution is -2.15. The van der Waals surface area contributed by atoms with Crippen molar-refractivity contribution < 1.29 is 4.42 Å². The number of hydrogen-bond acceptors (Lipinski definition) is 2. The van der Waals surface area contributed by atoms with E-state index in [4.69, 9.17) is 4.42 Å². The van der Waals surface area contributed by atoms with Crippen LogP contribution in [0.15, 0.2) is 21.4 Å². The van der Waals surface area contributed by atoms with Gasteiger partial charge in [0.15, 0.2) is 4.67 Å². The van der Waals surface area contributed by atoms with Gasteiger partial charge in [-0.2, -0.15) is 0 Å². The smallest absolute Gasteiger partial charge is 0.169 e. The summed E-state index contributed by atoms with van der Waals surface area (Å²) >= 11 is 3.25. The molecule has 0 radical (unpaired) electrons. The van der Waals surface area contributed by atoms with Crippen LogP contribution in [-0.2, 0) is 6.42 Å². The fourth-order valence-corrected chi connectivity index (χ4v) is 1.27. The maximum atomic E-state index is 5.08. The normalized spacial score (nSPS) is 10.4. The molecule has 0 unspecified atom stereocenters. The Hall–Kier alpha value is -0.280. The maximum absolute atomic E-state index is 5.08. The summed E-state index contributed by atoms with van der Waals surface area (Å²) in [5.41, 5.74) is 1.23. The lowest BCUT2D eigenvalue weighted by molar-refractivity contribution is 0.537. The van der Waals surface area contributed by atoms with Crippen LogP contribution in [0.4, 0.5) is 0 Å². The second-order valence-electron chi connectivity index (χ2n) is 2.36. The third-order valence-corrected chi connectivity index (χ3v) is 1.88. The highest BCUT2D eigenvalue weighted by Crippen LogP contribution is 2.13. The molecular formula is C8H12BrNO. The van der Waals surface area contributed by atoms with E-state index in [2.05, 4.69) is 28.2 Å². The van der Waals surface area contributed by atoms with Crippen molar-refractivity contribution in [2.75, 3.05) is 13.1 Å². The third kappa shape index (κ3) is 3.08. The van der Waals surface area contributed by atoms with Gasteiger partial charge in [0, 0.05) is 0 Å². The average Bonchev–Trinajstić information content (AvgIpc) is 2.37. The summed E-state index contributed by atoms with van der Waals surface area (Å²) in [5, 5.41) is 3.25. The molecule has 1 heterocycles. The lowest BCUT2D eigenvalue weighted by atomic mass is 10.2. The molecule has 0 bridgehead atoms. The van der Waals surface area contributed by atoms with Gasteiger partial charge in [-0.3, -0.25) is 0 Å². The molecular weight excluding hydrogens is 206 g/mol. The molecule has 0 aliphatic carbocycles. The Morgan fingerprint density at radius 2 is 2.45 bits per heavy atom. The van der Waals surface area contributed by atoms with Crippen molar-refractivity contribution in [2.24, 2.45) is 0 Å². The molecule has 11 heavy (non-hydrogen) atoms. The van der Waals surface area contributed by atoms with E-state index in [9.17, 15) is 0 Å². The average molecular weight is 218 g/mol. The van der Waals surface area contributed by atoms with E-state index in [1.807, 2.05) is 6.07 Å². The monoisotopic (exact) mass is 217 g/mol. The molecule has 1 N–H and O–H groups in total. The lowest BCUT2D eigenvalue weighted by Gasteiger charge is -1.96. The first-order valence-corrected chi connectivity index (χ1v) is 4.56. The second kappa shape index (κ2) is 4.57. The number of likely N-dealkylation sites (N-methyl/N-ethyl adjacent to an activating group) is 1. The topological polar surface area (TPSA) is 25.2 Å². The molecule has 0 aliphatic heterocycles. The summed E-state index contributed by atoms with van der Waals surface area (Å²) in [6.45, 7) is 4.15. The van der Waals surface area contributed by atoms with Crippen LogP contribution in [0.2, 0.25) is 0 Å². The molecule has 0 amide bonds. The van der Waals surface area contributed by atoms with Gasteiger partial charge in [-0.1, -0.05) is 6.92 Å². The zero-order chi connectivity index (χ0) is 8.10. The van der Waals surface area contributed by atoms with Crippen molar-refractivity contribution in [2.45, 2.75) is 13.3 Å². The van der Waals surface area contributed by atoms with Gasteiger partial charge < -0.3 is 9.73 Å². The third-order valence-electron chi connectivity index (χ3n) is 1.46. The first-order chi connectivity index (χ1) is 5.33. The Labute approximate surface area is 75.1 Å². The summed E-state index contributed by atoms with van der Waals surface area (Å²) < 4.78 is 5.89. The largest absolute Gasteiger partial charge is 0.457 e. The van der Waals surface area contributed by atoms with Crippen LogP contribution in [0.5, 0.6) is 0 Å². The zero-order valence-corrected chi connectivity index (χ0v) is 8.15. The number of nitrogens with one attached hydrogen (secondary N) is 1. The summed E-state index contributed by atoms with van der Waals surface area (Å²) in [6.07, 6.45) is 2.81. The Bertz CT molecular complexity index is 210. The van der Waals surface area contributed by atoms with Gasteiger partial charge in [-0.05, 0) is 47.1 Å². The van der Waals surface area contributed by atoms with Gasteiger partial charge >= 0.3 is 0 Å². The first kappa shape index (κ1) is 8.81. The molecule has 0 saturated carbocycles. The van der Waals surface area contributed by atoms with Crippen LogP contribution in [0, 0.1) is 0 Å². The zero-order valence-electron chi connectivity index (χ0n) is 6.56. The second-order valence-corrected chi connectivity index (χ2v) is 3.14. The SMILES string of the molecule is CCNCCc1coc(Br)c1. The Kier molecular flexibility index (Phi) is 3.66. The summed E-state index contributed by atoms with van der Waals surface area (Å²) in [6, 6.07) is 2.00. The number of rotatable bonds is 4. The molecule has 1 aromatic heterocycles. The summed E-state index contributed by atoms with van der Waals surface area (Å²) in [5.74, 6) is 0. The standard InChI is InChI=1S/C8H12BrNO/c1-2-10-4-3-7-5-8(9)11-6-7/h5-6,10H,2-4H2,1H3. The maximum Gasteiger partial charge on any atom is 0.169 e. The predicted molar refractivity (Wildman–Crippen MR) is 48.7 cm³/mol. The molecule has 62 valence electrons. The highest BCUT2D eigenvalue weighted by atomic mass is 79.9. The minimum atomic E-state index is 0.809. The van der Waals surface area contributed by atoms with Crippen LogP contribution >= 0.6 is 15.9 Å². The van der Waals surface area contributed by atoms with Crippen molar-refractivity contribution in [3.63, 3.8) is 0 Å². The van der Waals surface area contributed by atoms with Gasteiger partial charge in [0.2, 0.25) is 0 Å². The number of halogens is 1. The van der Waals surface area contributed by atoms with Crippen molar-refractivity contribution in [1.29, 1.82) is 0 Å². The Morgan fingerprint density at radius 3 is 3.00 bits per heavy atom. The van der Waals surface area contributed by atoms with Crippen molar-refractivity contribution in [1.82, 2.24) is 5.32 Å². The number of hydrogen-bond donors (Lipinski definition) is 1. The van der Waals surface area contributed by atoms with E-state index in [0.29, 0.717) is 0 Å². The van der Waals surface area contributed by atoms with E-state index in [1.54, 1.807) is 6.26 Å². The van der Waals surface area contributed by atoms with E-state index in [0.717, 1.165) is 24.2 Å². The van der Waals surface area contributed by atoms with E-state index in [-0.39, 0.29) is 0 Å². The molecule has 3 heteroatoms. The van der Waals surface area contributed by atoms with Crippen LogP contribution in [0.1, 0.15) is 12.5 Å². The minimum absolute atomic E-state index is 0.809. The Balaban J connectivity index is 2.27. The van der Waals surface area contributed by atoms with Crippen LogP contribution in [-0.4, -0.2) is 13.1 Å². The molecule has 0 fully saturated rings. The van der Waals surface area contributed by atoms with E-state index in [1.165, 1.54) is 5.56 Å². The molecule has 1 aromatic rings. The van der Waals surface area contributed by atoms with Gasteiger partial charge in [0.25, 0.3) is 0 Å². The van der Waals surface area contributed by atoms with Gasteiger partial charge in [-0.25, -0.2) is 0 Å². The van der Waals surface area contributed by atoms with Gasteiger partial charge in [-0.15, -0.1) is 0 Å². The predicted octanol–water partition coefficient (Wildman–Crippen LogP) is 2.19. The van der Waals surface area contributed by atoms with Crippen molar-refractivity contribution in [3.8, 4) is 0 Å². The van der Waals surface area contributed by atoms with Gasteiger partial charge in [0.1, 0.15) is 0 Å². The molecule has 1 rings (SSSR count). The number of furan rings is 1. The fraction of sp³-hybridized carbons (Fsp3) is 0.500. The highest BCUT2D eigenvalue weighted by Gasteiger charge is 1.96. The van der Waals surface area contributed by atoms with E-state index >= 15 is 0 Å². The summed E-state index contributed by atoms with van der Waals surface area (Å²) in [4.78, 5) is 0. The molecule has 0 saturated heterocycles. The van der Waals surface area contributed by atoms with Gasteiger partial charge in [0.05, 0.1) is 6.26 Å². The fourth-order valence-electron chi connectivity index (χ4n) is 0.886. The molecule has 0 aromatic carbocycles. The van der Waals surface area contributed by atoms with Crippen molar-refractivity contribution >= 4 is 15.9 Å². The van der Waals surface area contributed by atoms with Crippen LogP contribution in [0.3, 0.4) is 0 Å². The highest BCUT2D eigenvalue weighted by molar-refractivity contribution is 9.10. The molecule has 0 atom stereocenters. The van der Waals surface area contributed by atoms with E-state index < -0.39 is 0 Å². The first-order valence-electron chi connectivity index (χ1n) is 3.76. The summed E-state index contributed by atoms with van der Waals surface area (Å²) in [7, 11) is 0. The molecule has 0 aliphatic rings. The minimum Gasteiger partial charge on any atom is -0.457 e. The quantitative estimate of drug-likeness (QED) is 0.783.